The average Bonchev–Trinajstić information content (AvgIpc) is 2.58. The molecule has 1 N–H and O–H groups in total. The first-order valence-electron chi connectivity index (χ1n) is 7.92. The summed E-state index contributed by atoms with van der Waals surface area (Å²) in [6, 6.07) is 2.15. The van der Waals surface area contributed by atoms with Gasteiger partial charge in [-0.1, -0.05) is 19.6 Å². The van der Waals surface area contributed by atoms with E-state index in [1.165, 1.54) is 6.08 Å². The van der Waals surface area contributed by atoms with E-state index >= 15 is 0 Å². The number of carbonyl (C=O) groups excluding carboxylic acids is 1. The maximum atomic E-state index is 14.0. The van der Waals surface area contributed by atoms with Gasteiger partial charge < -0.3 is 19.7 Å². The minimum Gasteiger partial charge on any atom is -0.489 e. The monoisotopic (exact) mass is 340 g/mol. The molecule has 1 aliphatic rings. The Labute approximate surface area is 140 Å². The van der Waals surface area contributed by atoms with Crippen LogP contribution in [0.1, 0.15) is 18.9 Å². The molecule has 132 valence electrons. The molecule has 0 bridgehead atoms. The predicted octanol–water partition coefficient (Wildman–Crippen LogP) is 2.85. The van der Waals surface area contributed by atoms with Crippen molar-refractivity contribution in [2.75, 3.05) is 26.2 Å². The number of halogens is 2. The Balaban J connectivity index is 2.00. The fourth-order valence-corrected chi connectivity index (χ4v) is 2.54. The molecule has 2 rings (SSSR count). The van der Waals surface area contributed by atoms with Gasteiger partial charge in [0.15, 0.2) is 0 Å². The van der Waals surface area contributed by atoms with Crippen molar-refractivity contribution in [3.63, 3.8) is 0 Å². The molecule has 0 saturated carbocycles. The van der Waals surface area contributed by atoms with Crippen LogP contribution in [-0.4, -0.2) is 43.3 Å². The highest BCUT2D eigenvalue weighted by Crippen LogP contribution is 2.22. The van der Waals surface area contributed by atoms with Gasteiger partial charge in [0.2, 0.25) is 0 Å². The van der Waals surface area contributed by atoms with E-state index in [9.17, 15) is 13.6 Å². The summed E-state index contributed by atoms with van der Waals surface area (Å²) in [6.45, 7) is 6.99. The number of hydrogen-bond donors (Lipinski definition) is 1. The summed E-state index contributed by atoms with van der Waals surface area (Å²) in [7, 11) is 0. The third-order valence-electron chi connectivity index (χ3n) is 3.88. The summed E-state index contributed by atoms with van der Waals surface area (Å²) in [5.74, 6) is -1.56. The first kappa shape index (κ1) is 18.2. The summed E-state index contributed by atoms with van der Waals surface area (Å²) < 4.78 is 38.2. The van der Waals surface area contributed by atoms with Crippen LogP contribution >= 0.6 is 0 Å². The Morgan fingerprint density at radius 1 is 1.46 bits per heavy atom. The largest absolute Gasteiger partial charge is 0.489 e. The third-order valence-corrected chi connectivity index (χ3v) is 3.88. The van der Waals surface area contributed by atoms with Crippen molar-refractivity contribution in [1.29, 1.82) is 0 Å². The molecule has 1 saturated heterocycles. The van der Waals surface area contributed by atoms with Crippen molar-refractivity contribution >= 4 is 6.09 Å². The van der Waals surface area contributed by atoms with Crippen molar-refractivity contribution in [3.8, 4) is 5.75 Å². The lowest BCUT2D eigenvalue weighted by atomic mass is 10.1. The SMILES string of the molecule is C=CCOc1cc(F)c(COC(=O)N2CCNCC2CC)c(F)c1. The zero-order chi connectivity index (χ0) is 17.5. The third kappa shape index (κ3) is 4.44. The van der Waals surface area contributed by atoms with Crippen molar-refractivity contribution < 1.29 is 23.0 Å². The second-order valence-corrected chi connectivity index (χ2v) is 5.48. The fraction of sp³-hybridized carbons (Fsp3) is 0.471. The molecule has 1 fully saturated rings. The molecule has 1 aromatic carbocycles. The van der Waals surface area contributed by atoms with Gasteiger partial charge in [-0.2, -0.15) is 0 Å². The van der Waals surface area contributed by atoms with Crippen LogP contribution < -0.4 is 10.1 Å². The van der Waals surface area contributed by atoms with Gasteiger partial charge in [0.25, 0.3) is 0 Å². The highest BCUT2D eigenvalue weighted by molar-refractivity contribution is 5.68. The number of ether oxygens (including phenoxy) is 2. The lowest BCUT2D eigenvalue weighted by Crippen LogP contribution is -2.53. The molecular formula is C17H22F2N2O3. The first-order chi connectivity index (χ1) is 11.6. The maximum absolute atomic E-state index is 14.0. The van der Waals surface area contributed by atoms with Crippen LogP contribution in [0.25, 0.3) is 0 Å². The van der Waals surface area contributed by atoms with Crippen LogP contribution in [0.4, 0.5) is 13.6 Å². The molecule has 7 heteroatoms. The van der Waals surface area contributed by atoms with Gasteiger partial charge >= 0.3 is 6.09 Å². The molecule has 0 aliphatic carbocycles. The van der Waals surface area contributed by atoms with Crippen LogP contribution in [0.3, 0.4) is 0 Å². The zero-order valence-electron chi connectivity index (χ0n) is 13.7. The second kappa shape index (κ2) is 8.63. The molecule has 0 radical (unpaired) electrons. The molecule has 1 heterocycles. The van der Waals surface area contributed by atoms with Gasteiger partial charge in [-0.25, -0.2) is 13.6 Å². The zero-order valence-corrected chi connectivity index (χ0v) is 13.7. The van der Waals surface area contributed by atoms with E-state index in [1.807, 2.05) is 6.92 Å². The first-order valence-corrected chi connectivity index (χ1v) is 7.92. The molecule has 5 nitrogen and oxygen atoms in total. The van der Waals surface area contributed by atoms with Crippen LogP contribution in [0.2, 0.25) is 0 Å². The second-order valence-electron chi connectivity index (χ2n) is 5.48. The normalized spacial score (nSPS) is 17.5. The minimum atomic E-state index is -0.811. The van der Waals surface area contributed by atoms with E-state index in [4.69, 9.17) is 9.47 Å². The Kier molecular flexibility index (Phi) is 6.54. The van der Waals surface area contributed by atoms with Crippen molar-refractivity contribution in [2.24, 2.45) is 0 Å². The Hall–Kier alpha value is -2.15. The highest BCUT2D eigenvalue weighted by Gasteiger charge is 2.26. The number of amides is 1. The molecule has 0 aromatic heterocycles. The van der Waals surface area contributed by atoms with Gasteiger partial charge in [-0.15, -0.1) is 0 Å². The summed E-state index contributed by atoms with van der Waals surface area (Å²) in [4.78, 5) is 13.8. The van der Waals surface area contributed by atoms with E-state index in [2.05, 4.69) is 11.9 Å². The highest BCUT2D eigenvalue weighted by atomic mass is 19.1. The van der Waals surface area contributed by atoms with Gasteiger partial charge in [0.05, 0.1) is 5.56 Å². The summed E-state index contributed by atoms with van der Waals surface area (Å²) >= 11 is 0. The number of carbonyl (C=O) groups is 1. The van der Waals surface area contributed by atoms with E-state index in [1.54, 1.807) is 4.90 Å². The number of hydrogen-bond acceptors (Lipinski definition) is 4. The van der Waals surface area contributed by atoms with E-state index in [-0.39, 0.29) is 24.0 Å². The van der Waals surface area contributed by atoms with Gasteiger partial charge in [-0.05, 0) is 6.42 Å². The summed E-state index contributed by atoms with van der Waals surface area (Å²) in [5, 5.41) is 3.20. The van der Waals surface area contributed by atoms with Crippen LogP contribution in [0, 0.1) is 11.6 Å². The molecule has 1 aliphatic heterocycles. The Morgan fingerprint density at radius 2 is 2.17 bits per heavy atom. The fourth-order valence-electron chi connectivity index (χ4n) is 2.54. The van der Waals surface area contributed by atoms with E-state index in [0.29, 0.717) is 19.6 Å². The molecule has 24 heavy (non-hydrogen) atoms. The molecular weight excluding hydrogens is 318 g/mol. The van der Waals surface area contributed by atoms with Crippen molar-refractivity contribution in [1.82, 2.24) is 10.2 Å². The number of rotatable bonds is 6. The van der Waals surface area contributed by atoms with E-state index < -0.39 is 24.3 Å². The molecule has 1 amide bonds. The lowest BCUT2D eigenvalue weighted by molar-refractivity contribution is 0.0699. The quantitative estimate of drug-likeness (QED) is 0.809. The minimum absolute atomic E-state index is 0.0237. The average molecular weight is 340 g/mol. The summed E-state index contributed by atoms with van der Waals surface area (Å²) in [5.41, 5.74) is -0.294. The number of nitrogens with zero attached hydrogens (tertiary/aromatic N) is 1. The van der Waals surface area contributed by atoms with Gasteiger partial charge in [0, 0.05) is 37.8 Å². The smallest absolute Gasteiger partial charge is 0.410 e. The van der Waals surface area contributed by atoms with Crippen molar-refractivity contribution in [3.05, 3.63) is 42.0 Å². The molecule has 1 aromatic rings. The Morgan fingerprint density at radius 3 is 2.79 bits per heavy atom. The molecule has 1 atom stereocenters. The van der Waals surface area contributed by atoms with E-state index in [0.717, 1.165) is 18.6 Å². The van der Waals surface area contributed by atoms with Crippen LogP contribution in [0.15, 0.2) is 24.8 Å². The summed E-state index contributed by atoms with van der Waals surface area (Å²) in [6.07, 6.45) is 1.69. The molecule has 0 spiro atoms. The van der Waals surface area contributed by atoms with Gasteiger partial charge in [-0.3, -0.25) is 0 Å². The number of benzene rings is 1. The number of piperazine rings is 1. The van der Waals surface area contributed by atoms with Crippen LogP contribution in [0.5, 0.6) is 5.75 Å². The number of nitrogens with one attached hydrogen (secondary N) is 1. The van der Waals surface area contributed by atoms with Crippen LogP contribution in [-0.2, 0) is 11.3 Å². The maximum Gasteiger partial charge on any atom is 0.410 e. The Bertz CT molecular complexity index is 572. The predicted molar refractivity (Wildman–Crippen MR) is 85.9 cm³/mol. The topological polar surface area (TPSA) is 50.8 Å². The standard InChI is InChI=1S/C17H22F2N2O3/c1-3-7-23-13-8-15(18)14(16(19)9-13)11-24-17(22)21-6-5-20-10-12(21)4-2/h3,8-9,12,20H,1,4-7,10-11H2,2H3. The lowest BCUT2D eigenvalue weighted by Gasteiger charge is -2.34. The van der Waals surface area contributed by atoms with Crippen molar-refractivity contribution in [2.45, 2.75) is 26.0 Å². The van der Waals surface area contributed by atoms with Gasteiger partial charge in [0.1, 0.15) is 30.6 Å². The molecule has 1 unspecified atom stereocenters.